The zero-order valence-electron chi connectivity index (χ0n) is 1.93. The minimum Gasteiger partial charge on any atom is -2.00 e. The van der Waals surface area contributed by atoms with Gasteiger partial charge < -0.3 is 11.0 Å². The zero-order chi connectivity index (χ0) is 0. The molecule has 0 rings (SSSR count). The summed E-state index contributed by atoms with van der Waals surface area (Å²) in [4.78, 5) is 0. The predicted octanol–water partition coefficient (Wildman–Crippen LogP) is -0.621. The molecule has 0 atom stereocenters. The molecule has 0 fully saturated rings. The van der Waals surface area contributed by atoms with Crippen LogP contribution in [0.1, 0.15) is 0 Å². The molecule has 0 N–H and O–H groups in total. The van der Waals surface area contributed by atoms with Gasteiger partial charge in [0.1, 0.15) is 0 Å². The van der Waals surface area contributed by atoms with Crippen molar-refractivity contribution in [2.45, 2.75) is 0 Å². The minimum atomic E-state index is 0. The Hall–Kier alpha value is 2.02. The van der Waals surface area contributed by atoms with Crippen molar-refractivity contribution >= 4 is 48.9 Å². The van der Waals surface area contributed by atoms with Crippen molar-refractivity contribution in [1.82, 2.24) is 0 Å². The van der Waals surface area contributed by atoms with Gasteiger partial charge in [0.25, 0.3) is 0 Å². The molecule has 0 aromatic carbocycles. The molecular formula is BaCrO2+. The first-order valence-corrected chi connectivity index (χ1v) is 0. The first-order chi connectivity index (χ1) is 0. The van der Waals surface area contributed by atoms with Crippen molar-refractivity contribution in [3.8, 4) is 0 Å². The topological polar surface area (TPSA) is 57.0 Å². The fourth-order valence-electron chi connectivity index (χ4n) is 0. The van der Waals surface area contributed by atoms with Crippen molar-refractivity contribution in [2.75, 3.05) is 0 Å². The molecule has 0 aliphatic rings. The smallest absolute Gasteiger partial charge is 2.00 e. The molecule has 0 amide bonds. The third-order valence-electron chi connectivity index (χ3n) is 0. The van der Waals surface area contributed by atoms with Crippen LogP contribution in [0.4, 0.5) is 0 Å². The molecule has 0 aliphatic carbocycles. The molecule has 19 valence electrons. The molecule has 0 aliphatic heterocycles. The van der Waals surface area contributed by atoms with Crippen LogP contribution in [0.25, 0.3) is 0 Å². The van der Waals surface area contributed by atoms with Gasteiger partial charge in [-0.3, -0.25) is 0 Å². The van der Waals surface area contributed by atoms with E-state index in [4.69, 9.17) is 0 Å². The van der Waals surface area contributed by atoms with E-state index in [1.165, 1.54) is 0 Å². The monoisotopic (exact) mass is 222 g/mol. The van der Waals surface area contributed by atoms with Crippen LogP contribution in [0, 0.1) is 0 Å². The van der Waals surface area contributed by atoms with Gasteiger partial charge in [-0.2, -0.15) is 0 Å². The summed E-state index contributed by atoms with van der Waals surface area (Å²) in [6.07, 6.45) is 0. The van der Waals surface area contributed by atoms with E-state index in [2.05, 4.69) is 0 Å². The molecule has 0 unspecified atom stereocenters. The van der Waals surface area contributed by atoms with Gasteiger partial charge in [0.15, 0.2) is 0 Å². The second kappa shape index (κ2) is 19.9. The standard InChI is InChI=1S/Ba.Cr.2O/q+2;+3;2*-2. The Morgan fingerprint density at radius 1 is 0.750 bits per heavy atom. The predicted molar refractivity (Wildman–Crippen MR) is 7.13 cm³/mol. The molecule has 0 saturated carbocycles. The first-order valence-electron chi connectivity index (χ1n) is 0. The first kappa shape index (κ1) is 37.1. The Balaban J connectivity index is 0. The van der Waals surface area contributed by atoms with E-state index < -0.39 is 0 Å². The number of rotatable bonds is 0. The number of hydrogen-bond donors (Lipinski definition) is 0. The summed E-state index contributed by atoms with van der Waals surface area (Å²) in [7, 11) is 0. The maximum Gasteiger partial charge on any atom is 3.00 e. The Morgan fingerprint density at radius 3 is 0.750 bits per heavy atom. The molecule has 0 aromatic rings. The van der Waals surface area contributed by atoms with Gasteiger partial charge in [0.2, 0.25) is 0 Å². The van der Waals surface area contributed by atoms with Gasteiger partial charge in [0.05, 0.1) is 0 Å². The van der Waals surface area contributed by atoms with Crippen LogP contribution in [0.2, 0.25) is 0 Å². The second-order valence-electron chi connectivity index (χ2n) is 0. The molecule has 2 nitrogen and oxygen atoms in total. The molecule has 0 spiro atoms. The Morgan fingerprint density at radius 2 is 0.750 bits per heavy atom. The van der Waals surface area contributed by atoms with Gasteiger partial charge in [-0.1, -0.05) is 0 Å². The summed E-state index contributed by atoms with van der Waals surface area (Å²) >= 11 is 0. The fourth-order valence-corrected chi connectivity index (χ4v) is 0. The van der Waals surface area contributed by atoms with Crippen LogP contribution in [-0.2, 0) is 28.3 Å². The largest absolute Gasteiger partial charge is 3.00 e. The van der Waals surface area contributed by atoms with E-state index >= 15 is 0 Å². The van der Waals surface area contributed by atoms with Crippen molar-refractivity contribution in [3.05, 3.63) is 0 Å². The van der Waals surface area contributed by atoms with Gasteiger partial charge in [-0.05, 0) is 0 Å². The average Bonchev–Trinajstić information content (AvgIpc) is 0. The van der Waals surface area contributed by atoms with E-state index in [-0.39, 0.29) is 77.2 Å². The second-order valence-corrected chi connectivity index (χ2v) is 0. The van der Waals surface area contributed by atoms with Crippen molar-refractivity contribution in [3.63, 3.8) is 0 Å². The van der Waals surface area contributed by atoms with E-state index in [1.807, 2.05) is 0 Å². The van der Waals surface area contributed by atoms with Crippen LogP contribution in [0.3, 0.4) is 0 Å². The summed E-state index contributed by atoms with van der Waals surface area (Å²) in [6.45, 7) is 0. The van der Waals surface area contributed by atoms with Crippen LogP contribution in [0.15, 0.2) is 0 Å². The zero-order valence-corrected chi connectivity index (χ0v) is 7.65. The van der Waals surface area contributed by atoms with Crippen LogP contribution < -0.4 is 0 Å². The summed E-state index contributed by atoms with van der Waals surface area (Å²) < 4.78 is 0. The summed E-state index contributed by atoms with van der Waals surface area (Å²) in [6, 6.07) is 0. The molecule has 1 radical (unpaired) electrons. The normalized spacial score (nSPS) is 0. The van der Waals surface area contributed by atoms with Crippen LogP contribution in [0.5, 0.6) is 0 Å². The van der Waals surface area contributed by atoms with Gasteiger partial charge in [-0.25, -0.2) is 0 Å². The third-order valence-corrected chi connectivity index (χ3v) is 0. The summed E-state index contributed by atoms with van der Waals surface area (Å²) in [5, 5.41) is 0. The molecular weight excluding hydrogens is 221 g/mol. The van der Waals surface area contributed by atoms with E-state index in [0.717, 1.165) is 0 Å². The maximum atomic E-state index is 0. The van der Waals surface area contributed by atoms with Gasteiger partial charge >= 0.3 is 66.2 Å². The molecule has 4 heteroatoms. The summed E-state index contributed by atoms with van der Waals surface area (Å²) in [5.41, 5.74) is 0. The molecule has 4 heavy (non-hydrogen) atoms. The van der Waals surface area contributed by atoms with Gasteiger partial charge in [0, 0.05) is 0 Å². The summed E-state index contributed by atoms with van der Waals surface area (Å²) in [5.74, 6) is 0. The molecule has 0 bridgehead atoms. The van der Waals surface area contributed by atoms with Crippen LogP contribution >= 0.6 is 0 Å². The maximum absolute atomic E-state index is 0. The van der Waals surface area contributed by atoms with E-state index in [9.17, 15) is 0 Å². The van der Waals surface area contributed by atoms with E-state index in [0.29, 0.717) is 0 Å². The Labute approximate surface area is 75.8 Å². The third kappa shape index (κ3) is 8.98. The fraction of sp³-hybridized carbons (Fsp3) is 0. The van der Waals surface area contributed by atoms with Crippen molar-refractivity contribution in [1.29, 1.82) is 0 Å². The van der Waals surface area contributed by atoms with Crippen molar-refractivity contribution in [2.24, 2.45) is 0 Å². The Kier molecular flexibility index (Phi) is 184. The van der Waals surface area contributed by atoms with E-state index in [1.54, 1.807) is 0 Å². The molecule has 0 heterocycles. The Bertz CT molecular complexity index is 6.00. The van der Waals surface area contributed by atoms with Crippen LogP contribution in [-0.4, -0.2) is 48.9 Å². The van der Waals surface area contributed by atoms with Gasteiger partial charge in [-0.15, -0.1) is 0 Å². The molecule has 0 aromatic heterocycles. The average molecular weight is 221 g/mol. The van der Waals surface area contributed by atoms with Crippen molar-refractivity contribution < 1.29 is 28.3 Å². The minimum absolute atomic E-state index is 0. The molecule has 0 saturated heterocycles. The number of hydrogen-bond acceptors (Lipinski definition) is 0. The quantitative estimate of drug-likeness (QED) is 0.490. The SMILES string of the molecule is [Ba+2].[Cr+3].[O-2].[O-2].